The van der Waals surface area contributed by atoms with Crippen LogP contribution < -0.4 is 41.9 Å². The van der Waals surface area contributed by atoms with Crippen molar-refractivity contribution in [3.05, 3.63) is 90.2 Å². The maximum Gasteiger partial charge on any atom is 0.397 e. The second kappa shape index (κ2) is 14.4. The van der Waals surface area contributed by atoms with Gasteiger partial charge in [-0.25, -0.2) is 25.8 Å². The van der Waals surface area contributed by atoms with Crippen LogP contribution in [0.25, 0.3) is 0 Å². The summed E-state index contributed by atoms with van der Waals surface area (Å²) in [6.45, 7) is 5.24. The quantitative estimate of drug-likeness (QED) is 0.125. The SMILES string of the molecule is C=CS(=O)(=O)c1cc(OC)c(NN=c2c(=O)cc(C(=O)O)c(=NNc3cc(C)c(S(=O)(=O)CCOS(=O)(=O)O)cc3OC)c2=O)cc1C. The minimum Gasteiger partial charge on any atom is -0.494 e. The molecule has 0 aromatic heterocycles. The molecule has 21 heteroatoms. The van der Waals surface area contributed by atoms with Crippen LogP contribution >= 0.6 is 0 Å². The highest BCUT2D eigenvalue weighted by Crippen LogP contribution is 2.32. The van der Waals surface area contributed by atoms with Crippen LogP contribution in [0.5, 0.6) is 11.5 Å². The molecule has 258 valence electrons. The average Bonchev–Trinajstić information content (AvgIpc) is 2.99. The zero-order chi connectivity index (χ0) is 36.2. The molecule has 0 atom stereocenters. The fraction of sp³-hybridized carbons (Fsp3) is 0.222. The third kappa shape index (κ3) is 8.49. The number of methoxy groups -OCH3 is 2. The van der Waals surface area contributed by atoms with Crippen LogP contribution in [0, 0.1) is 13.8 Å². The summed E-state index contributed by atoms with van der Waals surface area (Å²) in [5.74, 6) is -2.70. The van der Waals surface area contributed by atoms with E-state index in [4.69, 9.17) is 14.0 Å². The molecule has 0 fully saturated rings. The first kappa shape index (κ1) is 37.5. The number of carbonyl (C=O) groups is 1. The summed E-state index contributed by atoms with van der Waals surface area (Å²) in [5, 5.41) is 16.5. The van der Waals surface area contributed by atoms with Crippen molar-refractivity contribution in [3.8, 4) is 11.5 Å². The van der Waals surface area contributed by atoms with Gasteiger partial charge in [0.1, 0.15) is 16.9 Å². The van der Waals surface area contributed by atoms with Crippen molar-refractivity contribution in [2.24, 2.45) is 10.2 Å². The molecule has 3 aromatic carbocycles. The summed E-state index contributed by atoms with van der Waals surface area (Å²) in [6, 6.07) is 5.39. The van der Waals surface area contributed by atoms with Crippen molar-refractivity contribution in [2.75, 3.05) is 37.4 Å². The molecule has 0 saturated carbocycles. The Hall–Kier alpha value is -4.96. The molecule has 0 aliphatic rings. The van der Waals surface area contributed by atoms with Gasteiger partial charge in [0.15, 0.2) is 25.0 Å². The molecule has 0 heterocycles. The molecule has 0 radical (unpaired) electrons. The van der Waals surface area contributed by atoms with Crippen LogP contribution in [0.15, 0.2) is 71.9 Å². The zero-order valence-corrected chi connectivity index (χ0v) is 27.9. The van der Waals surface area contributed by atoms with E-state index in [1.54, 1.807) is 0 Å². The highest BCUT2D eigenvalue weighted by Gasteiger charge is 2.22. The highest BCUT2D eigenvalue weighted by atomic mass is 32.3. The Labute approximate surface area is 273 Å². The van der Waals surface area contributed by atoms with Crippen molar-refractivity contribution in [3.63, 3.8) is 0 Å². The molecular formula is C27H28N4O14S3. The molecule has 48 heavy (non-hydrogen) atoms. The monoisotopic (exact) mass is 728 g/mol. The lowest BCUT2D eigenvalue weighted by Gasteiger charge is -2.13. The van der Waals surface area contributed by atoms with Crippen LogP contribution in [-0.4, -0.2) is 67.5 Å². The van der Waals surface area contributed by atoms with Crippen LogP contribution in [0.2, 0.25) is 0 Å². The molecule has 0 aliphatic carbocycles. The lowest BCUT2D eigenvalue weighted by atomic mass is 10.2. The standard InChI is InChI=1S/C27H28N4O14S3/c1-6-46(36,37)22-12-20(43-4)18(9-14(22)2)29-31-25-19(32)11-16(27(34)35)24(26(25)33)30-28-17-10-15(3)23(13-21(17)44-5)47(38,39)8-7-45-48(40,41)42/h6,9-13,28-29H,1,7-8H2,2-5H3,(H,34,35)(H,40,41,42). The number of hydrogen-bond acceptors (Lipinski definition) is 16. The van der Waals surface area contributed by atoms with Gasteiger partial charge in [-0.2, -0.15) is 18.6 Å². The second-order valence-electron chi connectivity index (χ2n) is 9.62. The maximum absolute atomic E-state index is 13.3. The first-order valence-electron chi connectivity index (χ1n) is 13.1. The van der Waals surface area contributed by atoms with Gasteiger partial charge in [0.25, 0.3) is 0 Å². The molecule has 0 spiro atoms. The minimum atomic E-state index is -4.88. The number of carboxylic acid groups (broad SMARTS) is 1. The second-order valence-corrected chi connectivity index (χ2v) is 14.6. The topological polar surface area (TPSA) is 271 Å². The molecule has 18 nitrogen and oxygen atoms in total. The van der Waals surface area contributed by atoms with Gasteiger partial charge in [-0.15, -0.1) is 0 Å². The predicted octanol–water partition coefficient (Wildman–Crippen LogP) is -0.0193. The molecule has 0 unspecified atom stereocenters. The first-order chi connectivity index (χ1) is 22.3. The van der Waals surface area contributed by atoms with Gasteiger partial charge in [0.2, 0.25) is 10.9 Å². The summed E-state index contributed by atoms with van der Waals surface area (Å²) in [7, 11) is -10.5. The Balaban J connectivity index is 2.12. The Kier molecular flexibility index (Phi) is 11.3. The van der Waals surface area contributed by atoms with Crippen LogP contribution in [0.1, 0.15) is 21.5 Å². The van der Waals surface area contributed by atoms with Crippen LogP contribution in [0.3, 0.4) is 0 Å². The van der Waals surface area contributed by atoms with Crippen molar-refractivity contribution in [2.45, 2.75) is 23.6 Å². The van der Waals surface area contributed by atoms with E-state index in [1.165, 1.54) is 46.3 Å². The van der Waals surface area contributed by atoms with Gasteiger partial charge in [-0.3, -0.25) is 25.0 Å². The van der Waals surface area contributed by atoms with E-state index in [0.29, 0.717) is 6.07 Å². The number of benzene rings is 3. The minimum absolute atomic E-state index is 0.0303. The van der Waals surface area contributed by atoms with Crippen molar-refractivity contribution < 1.29 is 53.4 Å². The lowest BCUT2D eigenvalue weighted by molar-refractivity contribution is 0.0694. The van der Waals surface area contributed by atoms with Gasteiger partial charge in [-0.1, -0.05) is 6.58 Å². The number of nitrogens with one attached hydrogen (secondary N) is 2. The number of sulfone groups is 2. The fourth-order valence-electron chi connectivity index (χ4n) is 4.17. The van der Waals surface area contributed by atoms with Crippen LogP contribution in [0.4, 0.5) is 11.4 Å². The van der Waals surface area contributed by atoms with E-state index in [9.17, 15) is 44.7 Å². The molecule has 0 aliphatic heterocycles. The van der Waals surface area contributed by atoms with E-state index in [0.717, 1.165) is 11.5 Å². The molecule has 3 rings (SSSR count). The number of aromatic carboxylic acids is 1. The molecule has 0 amide bonds. The third-order valence-corrected chi connectivity index (χ3v) is 10.2. The zero-order valence-electron chi connectivity index (χ0n) is 25.5. The molecule has 0 bridgehead atoms. The van der Waals surface area contributed by atoms with Crippen molar-refractivity contribution >= 4 is 47.4 Å². The number of hydrogen-bond donors (Lipinski definition) is 4. The van der Waals surface area contributed by atoms with Gasteiger partial charge in [0.05, 0.1) is 53.3 Å². The highest BCUT2D eigenvalue weighted by molar-refractivity contribution is 7.94. The maximum atomic E-state index is 13.3. The van der Waals surface area contributed by atoms with Crippen molar-refractivity contribution in [1.82, 2.24) is 0 Å². The van der Waals surface area contributed by atoms with E-state index in [-0.39, 0.29) is 43.8 Å². The van der Waals surface area contributed by atoms with E-state index < -0.39 is 75.5 Å². The van der Waals surface area contributed by atoms with Gasteiger partial charge in [0, 0.05) is 23.6 Å². The van der Waals surface area contributed by atoms with Gasteiger partial charge < -0.3 is 14.6 Å². The Morgan fingerprint density at radius 3 is 1.83 bits per heavy atom. The smallest absolute Gasteiger partial charge is 0.397 e. The number of aryl methyl sites for hydroxylation is 2. The summed E-state index contributed by atoms with van der Waals surface area (Å²) in [4.78, 5) is 37.6. The Morgan fingerprint density at radius 2 is 1.35 bits per heavy atom. The van der Waals surface area contributed by atoms with Gasteiger partial charge in [-0.05, 0) is 37.1 Å². The molecule has 0 saturated heterocycles. The summed E-state index contributed by atoms with van der Waals surface area (Å²) in [5.41, 5.74) is 2.11. The van der Waals surface area contributed by atoms with Crippen molar-refractivity contribution in [1.29, 1.82) is 0 Å². The summed E-state index contributed by atoms with van der Waals surface area (Å²) in [6.07, 6.45) is 0. The first-order valence-corrected chi connectivity index (χ1v) is 17.6. The number of ether oxygens (including phenoxy) is 2. The lowest BCUT2D eigenvalue weighted by Crippen LogP contribution is -2.50. The average molecular weight is 729 g/mol. The van der Waals surface area contributed by atoms with Gasteiger partial charge >= 0.3 is 16.4 Å². The Morgan fingerprint density at radius 1 is 0.854 bits per heavy atom. The third-order valence-electron chi connectivity index (χ3n) is 6.44. The number of anilines is 2. The Bertz CT molecular complexity index is 2360. The summed E-state index contributed by atoms with van der Waals surface area (Å²) < 4.78 is 94.9. The van der Waals surface area contributed by atoms with E-state index in [1.807, 2.05) is 0 Å². The predicted molar refractivity (Wildman–Crippen MR) is 169 cm³/mol. The molecule has 4 N–H and O–H groups in total. The number of nitrogens with zero attached hydrogens (tertiary/aromatic N) is 2. The molecular weight excluding hydrogens is 701 g/mol. The number of rotatable bonds is 14. The van der Waals surface area contributed by atoms with Crippen LogP contribution in [-0.2, 0) is 34.3 Å². The van der Waals surface area contributed by atoms with E-state index >= 15 is 0 Å². The number of carboxylic acids is 1. The fourth-order valence-corrected chi connectivity index (χ4v) is 6.88. The van der Waals surface area contributed by atoms with E-state index in [2.05, 4.69) is 31.8 Å². The normalized spacial score (nSPS) is 12.9. The largest absolute Gasteiger partial charge is 0.494 e. The molecule has 3 aromatic rings. The summed E-state index contributed by atoms with van der Waals surface area (Å²) >= 11 is 0.